The highest BCUT2D eigenvalue weighted by molar-refractivity contribution is 5.85. The van der Waals surface area contributed by atoms with Crippen molar-refractivity contribution in [3.63, 3.8) is 0 Å². The summed E-state index contributed by atoms with van der Waals surface area (Å²) in [7, 11) is 2.10. The molecule has 3 nitrogen and oxygen atoms in total. The number of carbonyl (C=O) groups is 1. The van der Waals surface area contributed by atoms with Gasteiger partial charge in [0.25, 0.3) is 0 Å². The fourth-order valence-corrected chi connectivity index (χ4v) is 1.99. The average Bonchev–Trinajstić information content (AvgIpc) is 2.25. The third kappa shape index (κ3) is 2.49. The molecular weight excluding hydrogens is 202 g/mol. The van der Waals surface area contributed by atoms with Crippen molar-refractivity contribution in [1.82, 2.24) is 4.90 Å². The Kier molecular flexibility index (Phi) is 3.06. The molecule has 0 saturated heterocycles. The third-order valence-corrected chi connectivity index (χ3v) is 2.85. The SMILES string of the molecule is CN1CCc2ccc(C=CC(=O)O)cc2C1. The topological polar surface area (TPSA) is 40.5 Å². The van der Waals surface area contributed by atoms with Crippen LogP contribution in [0, 0.1) is 0 Å². The molecule has 84 valence electrons. The van der Waals surface area contributed by atoms with Crippen molar-refractivity contribution in [2.75, 3.05) is 13.6 Å². The molecule has 0 aromatic heterocycles. The van der Waals surface area contributed by atoms with Gasteiger partial charge in [-0.3, -0.25) is 0 Å². The summed E-state index contributed by atoms with van der Waals surface area (Å²) in [5.41, 5.74) is 3.64. The normalized spacial score (nSPS) is 16.3. The van der Waals surface area contributed by atoms with Crippen molar-refractivity contribution >= 4 is 12.0 Å². The van der Waals surface area contributed by atoms with E-state index in [1.807, 2.05) is 6.07 Å². The number of benzene rings is 1. The molecule has 0 bridgehead atoms. The summed E-state index contributed by atoms with van der Waals surface area (Å²) in [5, 5.41) is 8.56. The lowest BCUT2D eigenvalue weighted by atomic mass is 9.97. The number of hydrogen-bond acceptors (Lipinski definition) is 2. The van der Waals surface area contributed by atoms with Gasteiger partial charge in [-0.2, -0.15) is 0 Å². The molecule has 0 saturated carbocycles. The quantitative estimate of drug-likeness (QED) is 0.767. The Morgan fingerprint density at radius 1 is 1.44 bits per heavy atom. The molecule has 1 N–H and O–H groups in total. The highest BCUT2D eigenvalue weighted by Gasteiger charge is 2.12. The molecule has 0 unspecified atom stereocenters. The van der Waals surface area contributed by atoms with E-state index in [1.165, 1.54) is 17.2 Å². The van der Waals surface area contributed by atoms with Gasteiger partial charge in [0, 0.05) is 19.2 Å². The number of likely N-dealkylation sites (N-methyl/N-ethyl adjacent to an activating group) is 1. The van der Waals surface area contributed by atoms with Gasteiger partial charge in [0.1, 0.15) is 0 Å². The molecule has 0 fully saturated rings. The lowest BCUT2D eigenvalue weighted by Crippen LogP contribution is -2.26. The first-order valence-corrected chi connectivity index (χ1v) is 5.36. The van der Waals surface area contributed by atoms with Crippen molar-refractivity contribution in [1.29, 1.82) is 0 Å². The van der Waals surface area contributed by atoms with Gasteiger partial charge in [0.15, 0.2) is 0 Å². The van der Waals surface area contributed by atoms with E-state index in [0.717, 1.165) is 25.1 Å². The smallest absolute Gasteiger partial charge is 0.328 e. The molecule has 0 aliphatic carbocycles. The molecule has 1 aromatic rings. The van der Waals surface area contributed by atoms with E-state index in [4.69, 9.17) is 5.11 Å². The van der Waals surface area contributed by atoms with Crippen LogP contribution in [0.2, 0.25) is 0 Å². The van der Waals surface area contributed by atoms with Gasteiger partial charge in [0.05, 0.1) is 0 Å². The zero-order valence-electron chi connectivity index (χ0n) is 9.31. The number of carboxylic acids is 1. The van der Waals surface area contributed by atoms with E-state index < -0.39 is 5.97 Å². The Labute approximate surface area is 95.0 Å². The second kappa shape index (κ2) is 4.49. The number of carboxylic acid groups (broad SMARTS) is 1. The lowest BCUT2D eigenvalue weighted by molar-refractivity contribution is -0.131. The Balaban J connectivity index is 2.24. The molecule has 0 amide bonds. The highest BCUT2D eigenvalue weighted by atomic mass is 16.4. The zero-order valence-corrected chi connectivity index (χ0v) is 9.31. The van der Waals surface area contributed by atoms with Crippen molar-refractivity contribution in [3.8, 4) is 0 Å². The molecule has 2 rings (SSSR count). The molecule has 0 atom stereocenters. The van der Waals surface area contributed by atoms with Gasteiger partial charge in [-0.05, 0) is 36.2 Å². The average molecular weight is 217 g/mol. The van der Waals surface area contributed by atoms with Crippen LogP contribution in [-0.4, -0.2) is 29.6 Å². The first kappa shape index (κ1) is 10.9. The molecular formula is C13H15NO2. The van der Waals surface area contributed by atoms with E-state index in [1.54, 1.807) is 6.08 Å². The summed E-state index contributed by atoms with van der Waals surface area (Å²) in [6.07, 6.45) is 3.89. The minimum Gasteiger partial charge on any atom is -0.478 e. The Hall–Kier alpha value is -1.61. The van der Waals surface area contributed by atoms with Crippen LogP contribution in [0.4, 0.5) is 0 Å². The summed E-state index contributed by atoms with van der Waals surface area (Å²) in [6, 6.07) is 6.15. The van der Waals surface area contributed by atoms with Crippen molar-refractivity contribution in [2.24, 2.45) is 0 Å². The van der Waals surface area contributed by atoms with Crippen LogP contribution in [-0.2, 0) is 17.8 Å². The Bertz CT molecular complexity index is 438. The summed E-state index contributed by atoms with van der Waals surface area (Å²) >= 11 is 0. The maximum atomic E-state index is 10.4. The molecule has 0 radical (unpaired) electrons. The maximum Gasteiger partial charge on any atom is 0.328 e. The number of fused-ring (bicyclic) bond motifs is 1. The third-order valence-electron chi connectivity index (χ3n) is 2.85. The molecule has 0 spiro atoms. The molecule has 1 aliphatic rings. The lowest BCUT2D eigenvalue weighted by Gasteiger charge is -2.25. The van der Waals surface area contributed by atoms with Gasteiger partial charge >= 0.3 is 5.97 Å². The molecule has 1 aromatic carbocycles. The van der Waals surface area contributed by atoms with Crippen molar-refractivity contribution in [3.05, 3.63) is 41.0 Å². The number of rotatable bonds is 2. The fraction of sp³-hybridized carbons (Fsp3) is 0.308. The van der Waals surface area contributed by atoms with Gasteiger partial charge < -0.3 is 10.0 Å². The van der Waals surface area contributed by atoms with E-state index in [9.17, 15) is 4.79 Å². The summed E-state index contributed by atoms with van der Waals surface area (Å²) in [5.74, 6) is -0.908. The monoisotopic (exact) mass is 217 g/mol. The first-order valence-electron chi connectivity index (χ1n) is 5.36. The largest absolute Gasteiger partial charge is 0.478 e. The minimum absolute atomic E-state index is 0.908. The van der Waals surface area contributed by atoms with Crippen molar-refractivity contribution < 1.29 is 9.90 Å². The van der Waals surface area contributed by atoms with Crippen LogP contribution in [0.3, 0.4) is 0 Å². The Morgan fingerprint density at radius 2 is 2.25 bits per heavy atom. The van der Waals surface area contributed by atoms with Gasteiger partial charge in [-0.25, -0.2) is 4.79 Å². The molecule has 1 heterocycles. The van der Waals surface area contributed by atoms with E-state index in [-0.39, 0.29) is 0 Å². The highest BCUT2D eigenvalue weighted by Crippen LogP contribution is 2.19. The number of aliphatic carboxylic acids is 1. The number of hydrogen-bond donors (Lipinski definition) is 1. The van der Waals surface area contributed by atoms with Gasteiger partial charge in [-0.15, -0.1) is 0 Å². The fourth-order valence-electron chi connectivity index (χ4n) is 1.99. The number of nitrogens with zero attached hydrogens (tertiary/aromatic N) is 1. The van der Waals surface area contributed by atoms with Crippen molar-refractivity contribution in [2.45, 2.75) is 13.0 Å². The molecule has 3 heteroatoms. The summed E-state index contributed by atoms with van der Waals surface area (Å²) in [6.45, 7) is 2.04. The van der Waals surface area contributed by atoms with E-state index in [0.29, 0.717) is 0 Å². The molecule has 1 aliphatic heterocycles. The van der Waals surface area contributed by atoms with Crippen LogP contribution in [0.5, 0.6) is 0 Å². The van der Waals surface area contributed by atoms with E-state index in [2.05, 4.69) is 24.1 Å². The minimum atomic E-state index is -0.908. The molecule has 16 heavy (non-hydrogen) atoms. The second-order valence-corrected chi connectivity index (χ2v) is 4.19. The van der Waals surface area contributed by atoms with Crippen LogP contribution in [0.25, 0.3) is 6.08 Å². The summed E-state index contributed by atoms with van der Waals surface area (Å²) in [4.78, 5) is 12.7. The van der Waals surface area contributed by atoms with Crippen LogP contribution in [0.1, 0.15) is 16.7 Å². The predicted molar refractivity (Wildman–Crippen MR) is 63.1 cm³/mol. The predicted octanol–water partition coefficient (Wildman–Crippen LogP) is 1.77. The zero-order chi connectivity index (χ0) is 11.5. The first-order chi connectivity index (χ1) is 7.65. The van der Waals surface area contributed by atoms with Crippen LogP contribution >= 0.6 is 0 Å². The second-order valence-electron chi connectivity index (χ2n) is 4.19. The van der Waals surface area contributed by atoms with E-state index >= 15 is 0 Å². The maximum absolute atomic E-state index is 10.4. The standard InChI is InChI=1S/C13H15NO2/c1-14-7-6-11-4-2-10(3-5-13(15)16)8-12(11)9-14/h2-5,8H,6-7,9H2,1H3,(H,15,16). The summed E-state index contributed by atoms with van der Waals surface area (Å²) < 4.78 is 0. The van der Waals surface area contributed by atoms with Gasteiger partial charge in [-0.1, -0.05) is 18.2 Å². The van der Waals surface area contributed by atoms with Crippen LogP contribution in [0.15, 0.2) is 24.3 Å². The Morgan fingerprint density at radius 3 is 3.00 bits per heavy atom. The van der Waals surface area contributed by atoms with Crippen LogP contribution < -0.4 is 0 Å². The van der Waals surface area contributed by atoms with Gasteiger partial charge in [0.2, 0.25) is 0 Å².